The first kappa shape index (κ1) is 20.4. The van der Waals surface area contributed by atoms with Crippen LogP contribution in [0, 0.1) is 5.92 Å². The zero-order valence-electron chi connectivity index (χ0n) is 13.5. The zero-order chi connectivity index (χ0) is 15.5. The minimum absolute atomic E-state index is 0. The number of hydrogen-bond donors (Lipinski definition) is 1. The molecule has 2 aromatic heterocycles. The Morgan fingerprint density at radius 1 is 1.29 bits per heavy atom. The number of carbonyl (C=O) groups is 1. The molecule has 1 saturated heterocycles. The second kappa shape index (κ2) is 9.01. The summed E-state index contributed by atoms with van der Waals surface area (Å²) in [6.07, 6.45) is 8.79. The Kier molecular flexibility index (Phi) is 7.66. The molecule has 0 aromatic carbocycles. The van der Waals surface area contributed by atoms with Crippen LogP contribution in [0.2, 0.25) is 0 Å². The van der Waals surface area contributed by atoms with E-state index in [0.717, 1.165) is 31.7 Å². The quantitative estimate of drug-likeness (QED) is 0.897. The van der Waals surface area contributed by atoms with E-state index >= 15 is 0 Å². The molecule has 24 heavy (non-hydrogen) atoms. The van der Waals surface area contributed by atoms with Gasteiger partial charge in [0.1, 0.15) is 12.1 Å². The molecular formula is C16H23Cl2N5O. The second-order valence-electron chi connectivity index (χ2n) is 5.86. The molecule has 0 aliphatic carbocycles. The number of amides is 1. The van der Waals surface area contributed by atoms with Crippen molar-refractivity contribution in [2.75, 3.05) is 13.1 Å². The molecule has 3 rings (SSSR count). The average Bonchev–Trinajstić information content (AvgIpc) is 3.09. The highest BCUT2D eigenvalue weighted by Gasteiger charge is 2.25. The molecule has 1 atom stereocenters. The van der Waals surface area contributed by atoms with E-state index in [-0.39, 0.29) is 36.8 Å². The Balaban J connectivity index is 0.00000144. The Bertz CT molecular complexity index is 622. The SMILES string of the molecule is CC(N)C1CCN(C(=O)c2ccc(-n3ccnc3)nc2)CC1.Cl.Cl. The summed E-state index contributed by atoms with van der Waals surface area (Å²) in [5, 5.41) is 0. The Morgan fingerprint density at radius 2 is 2.00 bits per heavy atom. The molecule has 8 heteroatoms. The highest BCUT2D eigenvalue weighted by molar-refractivity contribution is 5.94. The number of nitrogens with two attached hydrogens (primary N) is 1. The van der Waals surface area contributed by atoms with Crippen LogP contribution in [0.5, 0.6) is 0 Å². The van der Waals surface area contributed by atoms with Crippen molar-refractivity contribution < 1.29 is 4.79 Å². The summed E-state index contributed by atoms with van der Waals surface area (Å²) in [5.74, 6) is 1.32. The Labute approximate surface area is 154 Å². The van der Waals surface area contributed by atoms with Crippen LogP contribution in [0.4, 0.5) is 0 Å². The van der Waals surface area contributed by atoms with Crippen LogP contribution < -0.4 is 5.73 Å². The molecule has 2 N–H and O–H groups in total. The number of carbonyl (C=O) groups excluding carboxylic acids is 1. The number of rotatable bonds is 3. The van der Waals surface area contributed by atoms with Gasteiger partial charge in [0.2, 0.25) is 0 Å². The van der Waals surface area contributed by atoms with Gasteiger partial charge in [-0.2, -0.15) is 0 Å². The average molecular weight is 372 g/mol. The van der Waals surface area contributed by atoms with Crippen LogP contribution >= 0.6 is 24.8 Å². The van der Waals surface area contributed by atoms with Crippen molar-refractivity contribution in [2.45, 2.75) is 25.8 Å². The van der Waals surface area contributed by atoms with Gasteiger partial charge in [-0.25, -0.2) is 9.97 Å². The van der Waals surface area contributed by atoms with Crippen LogP contribution in [-0.4, -0.2) is 44.5 Å². The summed E-state index contributed by atoms with van der Waals surface area (Å²) in [7, 11) is 0. The molecule has 2 aromatic rings. The number of likely N-dealkylation sites (tertiary alicyclic amines) is 1. The van der Waals surface area contributed by atoms with Gasteiger partial charge < -0.3 is 10.6 Å². The van der Waals surface area contributed by atoms with E-state index in [1.165, 1.54) is 0 Å². The van der Waals surface area contributed by atoms with Crippen LogP contribution in [0.25, 0.3) is 5.82 Å². The number of nitrogens with zero attached hydrogens (tertiary/aromatic N) is 4. The molecule has 6 nitrogen and oxygen atoms in total. The molecule has 1 unspecified atom stereocenters. The highest BCUT2D eigenvalue weighted by atomic mass is 35.5. The standard InChI is InChI=1S/C16H21N5O.2ClH/c1-12(17)13-4-7-20(8-5-13)16(22)14-2-3-15(19-10-14)21-9-6-18-11-21;;/h2-3,6,9-13H,4-5,7-8,17H2,1H3;2*1H. The third kappa shape index (κ3) is 4.47. The van der Waals surface area contributed by atoms with E-state index in [0.29, 0.717) is 11.5 Å². The van der Waals surface area contributed by atoms with Gasteiger partial charge in [0, 0.05) is 37.7 Å². The molecule has 0 radical (unpaired) electrons. The van der Waals surface area contributed by atoms with E-state index in [1.54, 1.807) is 18.7 Å². The maximum Gasteiger partial charge on any atom is 0.255 e. The largest absolute Gasteiger partial charge is 0.339 e. The van der Waals surface area contributed by atoms with Gasteiger partial charge in [-0.1, -0.05) is 0 Å². The van der Waals surface area contributed by atoms with E-state index in [9.17, 15) is 4.79 Å². The third-order valence-electron chi connectivity index (χ3n) is 4.33. The molecule has 0 bridgehead atoms. The lowest BCUT2D eigenvalue weighted by atomic mass is 9.91. The van der Waals surface area contributed by atoms with Crippen molar-refractivity contribution in [3.63, 3.8) is 0 Å². The molecule has 1 aliphatic heterocycles. The van der Waals surface area contributed by atoms with Gasteiger partial charge in [0.15, 0.2) is 0 Å². The van der Waals surface area contributed by atoms with Crippen LogP contribution in [0.15, 0.2) is 37.1 Å². The number of imidazole rings is 1. The van der Waals surface area contributed by atoms with Gasteiger partial charge in [-0.15, -0.1) is 24.8 Å². The number of halogens is 2. The van der Waals surface area contributed by atoms with Gasteiger partial charge in [0.05, 0.1) is 5.56 Å². The fraction of sp³-hybridized carbons (Fsp3) is 0.438. The van der Waals surface area contributed by atoms with Crippen molar-refractivity contribution in [3.8, 4) is 5.82 Å². The van der Waals surface area contributed by atoms with Crippen molar-refractivity contribution in [1.29, 1.82) is 0 Å². The minimum Gasteiger partial charge on any atom is -0.339 e. The van der Waals surface area contributed by atoms with Crippen LogP contribution in [0.3, 0.4) is 0 Å². The van der Waals surface area contributed by atoms with E-state index < -0.39 is 0 Å². The maximum absolute atomic E-state index is 12.5. The van der Waals surface area contributed by atoms with Gasteiger partial charge in [-0.05, 0) is 37.8 Å². The lowest BCUT2D eigenvalue weighted by molar-refractivity contribution is 0.0680. The summed E-state index contributed by atoms with van der Waals surface area (Å²) in [6.45, 7) is 3.59. The molecule has 132 valence electrons. The van der Waals surface area contributed by atoms with E-state index in [1.807, 2.05) is 34.7 Å². The normalized spacial score (nSPS) is 16.0. The molecule has 3 heterocycles. The maximum atomic E-state index is 12.5. The van der Waals surface area contributed by atoms with Gasteiger partial charge in [0.25, 0.3) is 5.91 Å². The summed E-state index contributed by atoms with van der Waals surface area (Å²) in [6, 6.07) is 3.86. The lowest BCUT2D eigenvalue weighted by Crippen LogP contribution is -2.42. The summed E-state index contributed by atoms with van der Waals surface area (Å²) >= 11 is 0. The summed E-state index contributed by atoms with van der Waals surface area (Å²) in [4.78, 5) is 22.7. The number of piperidine rings is 1. The topological polar surface area (TPSA) is 77.0 Å². The van der Waals surface area contributed by atoms with Crippen molar-refractivity contribution in [2.24, 2.45) is 11.7 Å². The Hall–Kier alpha value is -1.63. The van der Waals surface area contributed by atoms with Crippen molar-refractivity contribution >= 4 is 30.7 Å². The first-order valence-corrected chi connectivity index (χ1v) is 7.64. The molecule has 1 fully saturated rings. The monoisotopic (exact) mass is 371 g/mol. The second-order valence-corrected chi connectivity index (χ2v) is 5.86. The minimum atomic E-state index is 0. The molecule has 0 spiro atoms. The fourth-order valence-corrected chi connectivity index (χ4v) is 2.87. The number of pyridine rings is 1. The van der Waals surface area contributed by atoms with Crippen molar-refractivity contribution in [3.05, 3.63) is 42.6 Å². The Morgan fingerprint density at radius 3 is 2.50 bits per heavy atom. The third-order valence-corrected chi connectivity index (χ3v) is 4.33. The first-order chi connectivity index (χ1) is 10.6. The molecular weight excluding hydrogens is 349 g/mol. The van der Waals surface area contributed by atoms with E-state index in [4.69, 9.17) is 5.73 Å². The van der Waals surface area contributed by atoms with Crippen LogP contribution in [-0.2, 0) is 0 Å². The van der Waals surface area contributed by atoms with Crippen LogP contribution in [0.1, 0.15) is 30.1 Å². The number of aromatic nitrogens is 3. The predicted octanol–water partition coefficient (Wildman–Crippen LogP) is 2.31. The molecule has 1 aliphatic rings. The number of hydrogen-bond acceptors (Lipinski definition) is 4. The smallest absolute Gasteiger partial charge is 0.255 e. The van der Waals surface area contributed by atoms with Crippen molar-refractivity contribution in [1.82, 2.24) is 19.4 Å². The van der Waals surface area contributed by atoms with Gasteiger partial charge >= 0.3 is 0 Å². The van der Waals surface area contributed by atoms with E-state index in [2.05, 4.69) is 9.97 Å². The molecule has 0 saturated carbocycles. The fourth-order valence-electron chi connectivity index (χ4n) is 2.87. The molecule has 1 amide bonds. The highest BCUT2D eigenvalue weighted by Crippen LogP contribution is 2.21. The predicted molar refractivity (Wildman–Crippen MR) is 98.1 cm³/mol. The summed E-state index contributed by atoms with van der Waals surface area (Å²) < 4.78 is 1.81. The summed E-state index contributed by atoms with van der Waals surface area (Å²) in [5.41, 5.74) is 6.57. The first-order valence-electron chi connectivity index (χ1n) is 7.64. The lowest BCUT2D eigenvalue weighted by Gasteiger charge is -2.33. The van der Waals surface area contributed by atoms with Gasteiger partial charge in [-0.3, -0.25) is 9.36 Å². The zero-order valence-corrected chi connectivity index (χ0v) is 15.2.